The van der Waals surface area contributed by atoms with Gasteiger partial charge in [0.1, 0.15) is 0 Å². The minimum Gasteiger partial charge on any atom is -0.394 e. The molecule has 2 rings (SSSR count). The van der Waals surface area contributed by atoms with Crippen molar-refractivity contribution in [3.05, 3.63) is 29.8 Å². The molecule has 0 bridgehead atoms. The van der Waals surface area contributed by atoms with Crippen molar-refractivity contribution in [2.75, 3.05) is 25.6 Å². The van der Waals surface area contributed by atoms with Crippen LogP contribution < -0.4 is 10.2 Å². The van der Waals surface area contributed by atoms with Gasteiger partial charge in [-0.3, -0.25) is 4.79 Å². The van der Waals surface area contributed by atoms with Crippen LogP contribution in [0.3, 0.4) is 0 Å². The zero-order valence-electron chi connectivity index (χ0n) is 10.2. The fourth-order valence-corrected chi connectivity index (χ4v) is 1.70. The maximum atomic E-state index is 11.9. The van der Waals surface area contributed by atoms with Crippen molar-refractivity contribution in [1.29, 1.82) is 0 Å². The summed E-state index contributed by atoms with van der Waals surface area (Å²) in [4.78, 5) is 13.9. The first-order valence-corrected chi connectivity index (χ1v) is 5.77. The number of benzene rings is 1. The second-order valence-corrected chi connectivity index (χ2v) is 4.83. The van der Waals surface area contributed by atoms with Crippen LogP contribution in [0.1, 0.15) is 23.2 Å². The molecule has 1 saturated carbocycles. The fraction of sp³-hybridized carbons (Fsp3) is 0.462. The molecular formula is C13H18N2O2. The third kappa shape index (κ3) is 2.58. The molecule has 0 aliphatic heterocycles. The Hall–Kier alpha value is -1.55. The van der Waals surface area contributed by atoms with Crippen LogP contribution in [-0.2, 0) is 0 Å². The molecule has 0 heterocycles. The highest BCUT2D eigenvalue weighted by atomic mass is 16.3. The molecule has 2 N–H and O–H groups in total. The Kier molecular flexibility index (Phi) is 3.07. The first-order valence-electron chi connectivity index (χ1n) is 5.77. The zero-order chi connectivity index (χ0) is 12.5. The standard InChI is InChI=1S/C13H18N2O2/c1-15(2)11-5-3-10(4-6-11)12(17)14-13(9-16)7-8-13/h3-6,16H,7-9H2,1-2H3,(H,14,17). The zero-order valence-corrected chi connectivity index (χ0v) is 10.2. The van der Waals surface area contributed by atoms with Gasteiger partial charge < -0.3 is 15.3 Å². The van der Waals surface area contributed by atoms with Crippen molar-refractivity contribution >= 4 is 11.6 Å². The van der Waals surface area contributed by atoms with E-state index in [0.29, 0.717) is 5.56 Å². The molecule has 1 aromatic carbocycles. The van der Waals surface area contributed by atoms with E-state index in [0.717, 1.165) is 18.5 Å². The highest BCUT2D eigenvalue weighted by molar-refractivity contribution is 5.95. The molecule has 1 fully saturated rings. The summed E-state index contributed by atoms with van der Waals surface area (Å²) in [6, 6.07) is 7.43. The minimum atomic E-state index is -0.350. The number of aliphatic hydroxyl groups excluding tert-OH is 1. The lowest BCUT2D eigenvalue weighted by atomic mass is 10.1. The van der Waals surface area contributed by atoms with E-state index < -0.39 is 0 Å². The largest absolute Gasteiger partial charge is 0.394 e. The first-order chi connectivity index (χ1) is 8.06. The lowest BCUT2D eigenvalue weighted by Crippen LogP contribution is -2.39. The third-order valence-corrected chi connectivity index (χ3v) is 3.18. The number of rotatable bonds is 4. The molecule has 0 atom stereocenters. The molecule has 0 saturated heterocycles. The fourth-order valence-electron chi connectivity index (χ4n) is 1.70. The van der Waals surface area contributed by atoms with Gasteiger partial charge in [0, 0.05) is 25.3 Å². The molecule has 1 amide bonds. The number of carbonyl (C=O) groups is 1. The molecule has 1 aliphatic rings. The minimum absolute atomic E-state index is 0.0223. The predicted octanol–water partition coefficient (Wildman–Crippen LogP) is 1.01. The number of amides is 1. The van der Waals surface area contributed by atoms with Crippen LogP contribution in [0.5, 0.6) is 0 Å². The highest BCUT2D eigenvalue weighted by Gasteiger charge is 2.43. The Balaban J connectivity index is 2.04. The Bertz CT molecular complexity index is 408. The van der Waals surface area contributed by atoms with Crippen molar-refractivity contribution in [2.45, 2.75) is 18.4 Å². The average Bonchev–Trinajstić information content (AvgIpc) is 3.09. The molecule has 1 aliphatic carbocycles. The molecule has 0 radical (unpaired) electrons. The molecular weight excluding hydrogens is 216 g/mol. The summed E-state index contributed by atoms with van der Waals surface area (Å²) >= 11 is 0. The third-order valence-electron chi connectivity index (χ3n) is 3.18. The van der Waals surface area contributed by atoms with Gasteiger partial charge in [-0.15, -0.1) is 0 Å². The van der Waals surface area contributed by atoms with Crippen molar-refractivity contribution in [3.8, 4) is 0 Å². The molecule has 92 valence electrons. The molecule has 0 spiro atoms. The van der Waals surface area contributed by atoms with Crippen molar-refractivity contribution in [2.24, 2.45) is 0 Å². The number of nitrogens with one attached hydrogen (secondary N) is 1. The van der Waals surface area contributed by atoms with E-state index >= 15 is 0 Å². The van der Waals surface area contributed by atoms with E-state index in [9.17, 15) is 4.79 Å². The smallest absolute Gasteiger partial charge is 0.251 e. The Labute approximate surface area is 101 Å². The van der Waals surface area contributed by atoms with Gasteiger partial charge in [0.15, 0.2) is 0 Å². The Morgan fingerprint density at radius 1 is 1.35 bits per heavy atom. The summed E-state index contributed by atoms with van der Waals surface area (Å²) in [5, 5.41) is 12.0. The van der Waals surface area contributed by atoms with Gasteiger partial charge in [0.2, 0.25) is 0 Å². The number of nitrogens with zero attached hydrogens (tertiary/aromatic N) is 1. The summed E-state index contributed by atoms with van der Waals surface area (Å²) in [6.45, 7) is 0.0223. The number of carbonyl (C=O) groups excluding carboxylic acids is 1. The van der Waals surface area contributed by atoms with Crippen molar-refractivity contribution in [3.63, 3.8) is 0 Å². The molecule has 4 nitrogen and oxygen atoms in total. The topological polar surface area (TPSA) is 52.6 Å². The van der Waals surface area contributed by atoms with Crippen molar-refractivity contribution in [1.82, 2.24) is 5.32 Å². The van der Waals surface area contributed by atoms with E-state index in [2.05, 4.69) is 5.32 Å². The van der Waals surface area contributed by atoms with Gasteiger partial charge in [-0.25, -0.2) is 0 Å². The number of anilines is 1. The van der Waals surface area contributed by atoms with Crippen LogP contribution in [0.2, 0.25) is 0 Å². The normalized spacial score (nSPS) is 16.4. The van der Waals surface area contributed by atoms with Gasteiger partial charge >= 0.3 is 0 Å². The van der Waals surface area contributed by atoms with E-state index in [1.807, 2.05) is 31.1 Å². The molecule has 0 aromatic heterocycles. The number of hydrogen-bond donors (Lipinski definition) is 2. The van der Waals surface area contributed by atoms with Gasteiger partial charge in [-0.2, -0.15) is 0 Å². The van der Waals surface area contributed by atoms with Gasteiger partial charge in [-0.05, 0) is 37.1 Å². The van der Waals surface area contributed by atoms with E-state index in [1.165, 1.54) is 0 Å². The number of hydrogen-bond acceptors (Lipinski definition) is 3. The van der Waals surface area contributed by atoms with Crippen LogP contribution in [0.25, 0.3) is 0 Å². The summed E-state index contributed by atoms with van der Waals surface area (Å²) < 4.78 is 0. The predicted molar refractivity (Wildman–Crippen MR) is 67.3 cm³/mol. The van der Waals surface area contributed by atoms with Crippen LogP contribution >= 0.6 is 0 Å². The van der Waals surface area contributed by atoms with Gasteiger partial charge in [-0.1, -0.05) is 0 Å². The van der Waals surface area contributed by atoms with Gasteiger partial charge in [0.05, 0.1) is 12.1 Å². The summed E-state index contributed by atoms with van der Waals surface area (Å²) in [6.07, 6.45) is 1.73. The highest BCUT2D eigenvalue weighted by Crippen LogP contribution is 2.34. The number of aliphatic hydroxyl groups is 1. The summed E-state index contributed by atoms with van der Waals surface area (Å²) in [5.41, 5.74) is 1.34. The van der Waals surface area contributed by atoms with Crippen LogP contribution in [0.15, 0.2) is 24.3 Å². The average molecular weight is 234 g/mol. The molecule has 17 heavy (non-hydrogen) atoms. The first kappa shape index (κ1) is 11.9. The maximum Gasteiger partial charge on any atom is 0.251 e. The molecule has 1 aromatic rings. The van der Waals surface area contributed by atoms with E-state index in [4.69, 9.17) is 5.11 Å². The summed E-state index contributed by atoms with van der Waals surface area (Å²) in [5.74, 6) is -0.109. The Morgan fingerprint density at radius 2 is 1.94 bits per heavy atom. The van der Waals surface area contributed by atoms with Crippen LogP contribution in [0, 0.1) is 0 Å². The molecule has 4 heteroatoms. The van der Waals surface area contributed by atoms with Crippen molar-refractivity contribution < 1.29 is 9.90 Å². The maximum absolute atomic E-state index is 11.9. The summed E-state index contributed by atoms with van der Waals surface area (Å²) in [7, 11) is 3.92. The second-order valence-electron chi connectivity index (χ2n) is 4.83. The van der Waals surface area contributed by atoms with Crippen LogP contribution in [-0.4, -0.2) is 37.3 Å². The lowest BCUT2D eigenvalue weighted by Gasteiger charge is -2.15. The van der Waals surface area contributed by atoms with E-state index in [-0.39, 0.29) is 18.1 Å². The Morgan fingerprint density at radius 3 is 2.35 bits per heavy atom. The SMILES string of the molecule is CN(C)c1ccc(C(=O)NC2(CO)CC2)cc1. The van der Waals surface area contributed by atoms with E-state index in [1.54, 1.807) is 12.1 Å². The quantitative estimate of drug-likeness (QED) is 0.817. The van der Waals surface area contributed by atoms with Gasteiger partial charge in [0.25, 0.3) is 5.91 Å². The monoisotopic (exact) mass is 234 g/mol. The second kappa shape index (κ2) is 4.37. The van der Waals surface area contributed by atoms with Crippen LogP contribution in [0.4, 0.5) is 5.69 Å². The lowest BCUT2D eigenvalue weighted by molar-refractivity contribution is 0.0907. The molecule has 0 unspecified atom stereocenters.